The van der Waals surface area contributed by atoms with Crippen molar-refractivity contribution in [1.82, 2.24) is 10.2 Å². The van der Waals surface area contributed by atoms with Crippen LogP contribution in [0.5, 0.6) is 0 Å². The number of carbonyl (C=O) groups is 2. The highest BCUT2D eigenvalue weighted by atomic mass is 32.1. The maximum absolute atomic E-state index is 11.9. The lowest BCUT2D eigenvalue weighted by atomic mass is 10.2. The van der Waals surface area contributed by atoms with Crippen molar-refractivity contribution in [2.24, 2.45) is 0 Å². The zero-order valence-corrected chi connectivity index (χ0v) is 12.2. The largest absolute Gasteiger partial charge is 0.451 e. The molecule has 0 aliphatic heterocycles. The molecule has 7 nitrogen and oxygen atoms in total. The summed E-state index contributed by atoms with van der Waals surface area (Å²) in [5.74, 6) is -0.655. The topological polar surface area (TPSA) is 94.3 Å². The molecule has 1 amide bonds. The third kappa shape index (κ3) is 3.10. The zero-order valence-electron chi connectivity index (χ0n) is 11.3. The Kier molecular flexibility index (Phi) is 3.70. The number of fused-ring (bicyclic) bond motifs is 1. The van der Waals surface area contributed by atoms with Crippen molar-refractivity contribution in [3.63, 3.8) is 0 Å². The molecule has 3 rings (SSSR count). The normalized spacial score (nSPS) is 13.0. The lowest BCUT2D eigenvalue weighted by molar-refractivity contribution is -0.119. The van der Waals surface area contributed by atoms with Gasteiger partial charge >= 0.3 is 12.0 Å². The molecular formula is C13H13N3O4S. The molecule has 0 fully saturated rings. The quantitative estimate of drug-likeness (QED) is 0.864. The van der Waals surface area contributed by atoms with E-state index in [1.807, 2.05) is 6.07 Å². The van der Waals surface area contributed by atoms with Crippen molar-refractivity contribution in [3.05, 3.63) is 27.3 Å². The maximum atomic E-state index is 11.9. The van der Waals surface area contributed by atoms with Gasteiger partial charge in [-0.1, -0.05) is 5.10 Å². The molecule has 1 aliphatic carbocycles. The molecule has 0 bridgehead atoms. The lowest BCUT2D eigenvalue weighted by Gasteiger charge is -2.02. The fourth-order valence-corrected chi connectivity index (χ4v) is 3.28. The SMILES string of the molecule is Cc1nnc(NC(=O)COC(=O)c2cc3c(s2)CCC3)o1. The van der Waals surface area contributed by atoms with E-state index in [0.717, 1.165) is 19.3 Å². The van der Waals surface area contributed by atoms with E-state index < -0.39 is 11.9 Å². The Morgan fingerprint density at radius 3 is 3.00 bits per heavy atom. The second-order valence-corrected chi connectivity index (χ2v) is 5.80. The molecule has 1 aliphatic rings. The summed E-state index contributed by atoms with van der Waals surface area (Å²) in [4.78, 5) is 25.2. The summed E-state index contributed by atoms with van der Waals surface area (Å²) in [5, 5.41) is 9.55. The van der Waals surface area contributed by atoms with Gasteiger partial charge in [-0.3, -0.25) is 10.1 Å². The predicted molar refractivity (Wildman–Crippen MR) is 74.3 cm³/mol. The number of ether oxygens (including phenoxy) is 1. The van der Waals surface area contributed by atoms with Crippen molar-refractivity contribution in [1.29, 1.82) is 0 Å². The standard InChI is InChI=1S/C13H13N3O4S/c1-7-15-16-13(20-7)14-11(17)6-19-12(18)10-5-8-3-2-4-9(8)21-10/h5H,2-4,6H2,1H3,(H,14,16,17). The molecule has 1 N–H and O–H groups in total. The van der Waals surface area contributed by atoms with Gasteiger partial charge in [0.05, 0.1) is 0 Å². The zero-order chi connectivity index (χ0) is 14.8. The van der Waals surface area contributed by atoms with Crippen molar-refractivity contribution in [2.45, 2.75) is 26.2 Å². The highest BCUT2D eigenvalue weighted by Gasteiger charge is 2.20. The first kappa shape index (κ1) is 13.7. The number of anilines is 1. The van der Waals surface area contributed by atoms with Crippen molar-refractivity contribution < 1.29 is 18.7 Å². The summed E-state index contributed by atoms with van der Waals surface area (Å²) >= 11 is 1.44. The summed E-state index contributed by atoms with van der Waals surface area (Å²) in [5.41, 5.74) is 1.22. The molecule has 2 aromatic heterocycles. The van der Waals surface area contributed by atoms with Gasteiger partial charge < -0.3 is 9.15 Å². The third-order valence-corrected chi connectivity index (χ3v) is 4.27. The van der Waals surface area contributed by atoms with Crippen molar-refractivity contribution in [2.75, 3.05) is 11.9 Å². The highest BCUT2D eigenvalue weighted by molar-refractivity contribution is 7.14. The number of nitrogens with one attached hydrogen (secondary N) is 1. The molecule has 0 radical (unpaired) electrons. The number of aryl methyl sites for hydroxylation is 3. The van der Waals surface area contributed by atoms with E-state index in [1.54, 1.807) is 6.92 Å². The minimum Gasteiger partial charge on any atom is -0.451 e. The second kappa shape index (κ2) is 5.65. The molecular weight excluding hydrogens is 294 g/mol. The van der Waals surface area contributed by atoms with Crippen LogP contribution >= 0.6 is 11.3 Å². The number of hydrogen-bond donors (Lipinski definition) is 1. The van der Waals surface area contributed by atoms with E-state index in [4.69, 9.17) is 9.15 Å². The molecule has 21 heavy (non-hydrogen) atoms. The molecule has 8 heteroatoms. The van der Waals surface area contributed by atoms with Gasteiger partial charge in [-0.25, -0.2) is 4.79 Å². The van der Waals surface area contributed by atoms with Gasteiger partial charge in [0, 0.05) is 11.8 Å². The van der Waals surface area contributed by atoms with Gasteiger partial charge in [-0.2, -0.15) is 0 Å². The van der Waals surface area contributed by atoms with Crippen LogP contribution < -0.4 is 5.32 Å². The van der Waals surface area contributed by atoms with Gasteiger partial charge in [-0.05, 0) is 30.9 Å². The summed E-state index contributed by atoms with van der Waals surface area (Å²) < 4.78 is 9.97. The van der Waals surface area contributed by atoms with E-state index >= 15 is 0 Å². The number of aromatic nitrogens is 2. The van der Waals surface area contributed by atoms with Crippen LogP contribution in [0.2, 0.25) is 0 Å². The fraction of sp³-hybridized carbons (Fsp3) is 0.385. The predicted octanol–water partition coefficient (Wildman–Crippen LogP) is 1.72. The van der Waals surface area contributed by atoms with Crippen LogP contribution in [0.1, 0.15) is 32.4 Å². The average Bonchev–Trinajstić information content (AvgIpc) is 3.11. The highest BCUT2D eigenvalue weighted by Crippen LogP contribution is 2.30. The molecule has 0 spiro atoms. The maximum Gasteiger partial charge on any atom is 0.348 e. The Hall–Kier alpha value is -2.22. The van der Waals surface area contributed by atoms with E-state index in [1.165, 1.54) is 21.8 Å². The Bertz CT molecular complexity index is 670. The first-order valence-corrected chi connectivity index (χ1v) is 7.32. The van der Waals surface area contributed by atoms with Crippen LogP contribution in [0.3, 0.4) is 0 Å². The fourth-order valence-electron chi connectivity index (χ4n) is 2.13. The van der Waals surface area contributed by atoms with Gasteiger partial charge in [0.1, 0.15) is 4.88 Å². The van der Waals surface area contributed by atoms with Gasteiger partial charge in [0.15, 0.2) is 6.61 Å². The Balaban J connectivity index is 1.52. The number of rotatable bonds is 4. The van der Waals surface area contributed by atoms with Crippen LogP contribution in [0.4, 0.5) is 6.01 Å². The first-order chi connectivity index (χ1) is 10.1. The van der Waals surface area contributed by atoms with E-state index in [0.29, 0.717) is 10.8 Å². The molecule has 0 saturated carbocycles. The molecule has 2 heterocycles. The van der Waals surface area contributed by atoms with Crippen molar-refractivity contribution >= 4 is 29.2 Å². The van der Waals surface area contributed by atoms with Crippen LogP contribution in [-0.4, -0.2) is 28.7 Å². The number of thiophene rings is 1. The summed E-state index contributed by atoms with van der Waals surface area (Å²) in [6.45, 7) is 1.22. The van der Waals surface area contributed by atoms with E-state index in [2.05, 4.69) is 15.5 Å². The van der Waals surface area contributed by atoms with Crippen LogP contribution in [0, 0.1) is 6.92 Å². The van der Waals surface area contributed by atoms with Crippen LogP contribution in [-0.2, 0) is 22.4 Å². The second-order valence-electron chi connectivity index (χ2n) is 4.66. The third-order valence-electron chi connectivity index (χ3n) is 3.05. The first-order valence-electron chi connectivity index (χ1n) is 6.50. The Morgan fingerprint density at radius 1 is 1.43 bits per heavy atom. The van der Waals surface area contributed by atoms with E-state index in [9.17, 15) is 9.59 Å². The molecule has 110 valence electrons. The smallest absolute Gasteiger partial charge is 0.348 e. The summed E-state index contributed by atoms with van der Waals surface area (Å²) in [7, 11) is 0. The van der Waals surface area contributed by atoms with Crippen molar-refractivity contribution in [3.8, 4) is 0 Å². The number of carbonyl (C=O) groups excluding carboxylic acids is 2. The average molecular weight is 307 g/mol. The van der Waals surface area contributed by atoms with E-state index in [-0.39, 0.29) is 12.6 Å². The number of amides is 1. The monoisotopic (exact) mass is 307 g/mol. The van der Waals surface area contributed by atoms with Crippen LogP contribution in [0.15, 0.2) is 10.5 Å². The number of esters is 1. The molecule has 0 unspecified atom stereocenters. The molecule has 0 aromatic carbocycles. The number of nitrogens with zero attached hydrogens (tertiary/aromatic N) is 2. The Labute approximate surface area is 124 Å². The molecule has 2 aromatic rings. The minimum absolute atomic E-state index is 0.0105. The molecule has 0 saturated heterocycles. The minimum atomic E-state index is -0.518. The Morgan fingerprint density at radius 2 is 2.29 bits per heavy atom. The van der Waals surface area contributed by atoms with Gasteiger partial charge in [-0.15, -0.1) is 16.4 Å². The lowest BCUT2D eigenvalue weighted by Crippen LogP contribution is -2.20. The van der Waals surface area contributed by atoms with Gasteiger partial charge in [0.2, 0.25) is 5.89 Å². The summed E-state index contributed by atoms with van der Waals surface area (Å²) in [6, 6.07) is 1.85. The molecule has 0 atom stereocenters. The van der Waals surface area contributed by atoms with Crippen LogP contribution in [0.25, 0.3) is 0 Å². The van der Waals surface area contributed by atoms with Gasteiger partial charge in [0.25, 0.3) is 5.91 Å². The summed E-state index contributed by atoms with van der Waals surface area (Å²) in [6.07, 6.45) is 3.17. The number of hydrogen-bond acceptors (Lipinski definition) is 7.